The van der Waals surface area contributed by atoms with Crippen molar-refractivity contribution in [2.75, 3.05) is 30.4 Å². The van der Waals surface area contributed by atoms with Crippen LogP contribution in [0.2, 0.25) is 0 Å². The number of rotatable bonds is 4. The summed E-state index contributed by atoms with van der Waals surface area (Å²) in [4.78, 5) is 13.7. The van der Waals surface area contributed by atoms with Crippen molar-refractivity contribution >= 4 is 11.8 Å². The third-order valence-electron chi connectivity index (χ3n) is 3.88. The van der Waals surface area contributed by atoms with Gasteiger partial charge in [0.25, 0.3) is 0 Å². The van der Waals surface area contributed by atoms with Crippen LogP contribution in [0.25, 0.3) is 0 Å². The van der Waals surface area contributed by atoms with E-state index in [-0.39, 0.29) is 0 Å². The molecule has 6 nitrogen and oxygen atoms in total. The zero-order valence-electron chi connectivity index (χ0n) is 12.9. The monoisotopic (exact) mass is 286 g/mol. The zero-order valence-corrected chi connectivity index (χ0v) is 12.9. The highest BCUT2D eigenvalue weighted by Crippen LogP contribution is 2.25. The van der Waals surface area contributed by atoms with E-state index >= 15 is 0 Å². The Labute approximate surface area is 125 Å². The van der Waals surface area contributed by atoms with Gasteiger partial charge in [0.05, 0.1) is 12.6 Å². The van der Waals surface area contributed by atoms with Crippen LogP contribution in [-0.2, 0) is 6.54 Å². The van der Waals surface area contributed by atoms with Crippen molar-refractivity contribution in [3.63, 3.8) is 0 Å². The lowest BCUT2D eigenvalue weighted by molar-refractivity contribution is 0.505. The molecule has 6 heteroatoms. The summed E-state index contributed by atoms with van der Waals surface area (Å²) >= 11 is 0. The fourth-order valence-electron chi connectivity index (χ4n) is 2.81. The number of anilines is 2. The lowest BCUT2D eigenvalue weighted by Gasteiger charge is -2.26. The number of aromatic nitrogens is 4. The first-order valence-electron chi connectivity index (χ1n) is 7.40. The maximum Gasteiger partial charge on any atom is 0.227 e. The van der Waals surface area contributed by atoms with Crippen molar-refractivity contribution in [3.05, 3.63) is 30.2 Å². The quantitative estimate of drug-likeness (QED) is 0.856. The van der Waals surface area contributed by atoms with E-state index in [9.17, 15) is 0 Å². The third kappa shape index (κ3) is 2.99. The van der Waals surface area contributed by atoms with Gasteiger partial charge in [0.15, 0.2) is 0 Å². The van der Waals surface area contributed by atoms with E-state index in [1.165, 1.54) is 6.42 Å². The predicted molar refractivity (Wildman–Crippen MR) is 83.7 cm³/mol. The largest absolute Gasteiger partial charge is 0.363 e. The fourth-order valence-corrected chi connectivity index (χ4v) is 2.81. The lowest BCUT2D eigenvalue weighted by atomic mass is 10.2. The number of nitrogens with zero attached hydrogens (tertiary/aromatic N) is 6. The smallest absolute Gasteiger partial charge is 0.227 e. The van der Waals surface area contributed by atoms with Crippen molar-refractivity contribution in [2.24, 2.45) is 0 Å². The minimum Gasteiger partial charge on any atom is -0.363 e. The Hall–Kier alpha value is -2.11. The summed E-state index contributed by atoms with van der Waals surface area (Å²) in [5, 5.41) is 4.31. The van der Waals surface area contributed by atoms with Crippen LogP contribution >= 0.6 is 0 Å². The minimum absolute atomic E-state index is 0.418. The molecular weight excluding hydrogens is 264 g/mol. The molecule has 2 aromatic heterocycles. The van der Waals surface area contributed by atoms with Crippen LogP contribution in [0.3, 0.4) is 0 Å². The second kappa shape index (κ2) is 5.71. The molecule has 1 aliphatic rings. The number of hydrogen-bond acceptors (Lipinski definition) is 5. The molecule has 0 N–H and O–H groups in total. The average Bonchev–Trinajstić information content (AvgIpc) is 3.10. The summed E-state index contributed by atoms with van der Waals surface area (Å²) in [6, 6.07) is 4.40. The molecule has 1 fully saturated rings. The maximum absolute atomic E-state index is 4.71. The molecule has 0 bridgehead atoms. The van der Waals surface area contributed by atoms with Crippen molar-refractivity contribution in [1.29, 1.82) is 0 Å². The molecule has 0 radical (unpaired) electrons. The van der Waals surface area contributed by atoms with E-state index in [4.69, 9.17) is 4.98 Å². The van der Waals surface area contributed by atoms with Crippen molar-refractivity contribution in [1.82, 2.24) is 19.7 Å². The van der Waals surface area contributed by atoms with E-state index in [2.05, 4.69) is 15.0 Å². The third-order valence-corrected chi connectivity index (χ3v) is 3.88. The predicted octanol–water partition coefficient (Wildman–Crippen LogP) is 1.72. The molecule has 1 aliphatic heterocycles. The normalized spacial score (nSPS) is 18.2. The zero-order chi connectivity index (χ0) is 14.8. The standard InChI is InChI=1S/C15H22N6/c1-12-10-14(19(2)3)18-15(17-12)21-9-4-6-13(21)11-20-8-5-7-16-20/h5,7-8,10,13H,4,6,9,11H2,1-3H3/t13-/m0/s1. The summed E-state index contributed by atoms with van der Waals surface area (Å²) in [5.41, 5.74) is 1.01. The highest BCUT2D eigenvalue weighted by molar-refractivity contribution is 5.45. The van der Waals surface area contributed by atoms with Crippen LogP contribution in [0.1, 0.15) is 18.5 Å². The first kappa shape index (κ1) is 13.9. The van der Waals surface area contributed by atoms with E-state index in [1.807, 2.05) is 55.1 Å². The Morgan fingerprint density at radius 2 is 2.19 bits per heavy atom. The van der Waals surface area contributed by atoms with Gasteiger partial charge < -0.3 is 9.80 Å². The van der Waals surface area contributed by atoms with E-state index in [0.717, 1.165) is 37.0 Å². The molecule has 1 saturated heterocycles. The summed E-state index contributed by atoms with van der Waals surface area (Å²) in [6.07, 6.45) is 6.18. The van der Waals surface area contributed by atoms with Crippen LogP contribution < -0.4 is 9.80 Å². The van der Waals surface area contributed by atoms with Crippen LogP contribution in [0.5, 0.6) is 0 Å². The highest BCUT2D eigenvalue weighted by Gasteiger charge is 2.27. The molecule has 0 spiro atoms. The molecule has 112 valence electrons. The second-order valence-electron chi connectivity index (χ2n) is 5.78. The topological polar surface area (TPSA) is 50.1 Å². The van der Waals surface area contributed by atoms with Gasteiger partial charge in [-0.05, 0) is 25.8 Å². The Morgan fingerprint density at radius 1 is 1.33 bits per heavy atom. The molecule has 3 rings (SSSR count). The molecule has 3 heterocycles. The molecule has 21 heavy (non-hydrogen) atoms. The van der Waals surface area contributed by atoms with Crippen molar-refractivity contribution in [3.8, 4) is 0 Å². The van der Waals surface area contributed by atoms with Crippen LogP contribution in [-0.4, -0.2) is 46.4 Å². The Kier molecular flexibility index (Phi) is 3.77. The van der Waals surface area contributed by atoms with Gasteiger partial charge in [0, 0.05) is 44.8 Å². The molecule has 0 saturated carbocycles. The van der Waals surface area contributed by atoms with E-state index in [0.29, 0.717) is 6.04 Å². The average molecular weight is 286 g/mol. The molecule has 0 amide bonds. The lowest BCUT2D eigenvalue weighted by Crippen LogP contribution is -2.34. The van der Waals surface area contributed by atoms with Gasteiger partial charge in [-0.25, -0.2) is 4.98 Å². The summed E-state index contributed by atoms with van der Waals surface area (Å²) in [5.74, 6) is 1.80. The van der Waals surface area contributed by atoms with Gasteiger partial charge in [-0.1, -0.05) is 0 Å². The van der Waals surface area contributed by atoms with Gasteiger partial charge >= 0.3 is 0 Å². The van der Waals surface area contributed by atoms with Crippen LogP contribution in [0.4, 0.5) is 11.8 Å². The maximum atomic E-state index is 4.71. The van der Waals surface area contributed by atoms with Gasteiger partial charge in [0.2, 0.25) is 5.95 Å². The van der Waals surface area contributed by atoms with Crippen molar-refractivity contribution < 1.29 is 0 Å². The molecular formula is C15H22N6. The molecule has 1 atom stereocenters. The number of hydrogen-bond donors (Lipinski definition) is 0. The molecule has 0 unspecified atom stereocenters. The first-order valence-corrected chi connectivity index (χ1v) is 7.40. The van der Waals surface area contributed by atoms with Crippen LogP contribution in [0, 0.1) is 6.92 Å². The Balaban J connectivity index is 1.84. The number of aryl methyl sites for hydroxylation is 1. The molecule has 0 aromatic carbocycles. The minimum atomic E-state index is 0.418. The first-order chi connectivity index (χ1) is 10.1. The van der Waals surface area contributed by atoms with Crippen LogP contribution in [0.15, 0.2) is 24.5 Å². The van der Waals surface area contributed by atoms with Crippen molar-refractivity contribution in [2.45, 2.75) is 32.4 Å². The Morgan fingerprint density at radius 3 is 2.90 bits per heavy atom. The van der Waals surface area contributed by atoms with Gasteiger partial charge in [-0.3, -0.25) is 4.68 Å². The molecule has 0 aliphatic carbocycles. The summed E-state index contributed by atoms with van der Waals surface area (Å²) in [7, 11) is 4.02. The summed E-state index contributed by atoms with van der Waals surface area (Å²) < 4.78 is 1.99. The van der Waals surface area contributed by atoms with Gasteiger partial charge in [0.1, 0.15) is 5.82 Å². The fraction of sp³-hybridized carbons (Fsp3) is 0.533. The van der Waals surface area contributed by atoms with Gasteiger partial charge in [-0.2, -0.15) is 10.1 Å². The molecule has 2 aromatic rings. The van der Waals surface area contributed by atoms with E-state index in [1.54, 1.807) is 0 Å². The van der Waals surface area contributed by atoms with Gasteiger partial charge in [-0.15, -0.1) is 0 Å². The summed E-state index contributed by atoms with van der Waals surface area (Å²) in [6.45, 7) is 3.93. The second-order valence-corrected chi connectivity index (χ2v) is 5.78. The van der Waals surface area contributed by atoms with E-state index < -0.39 is 0 Å². The Bertz CT molecular complexity index is 592. The highest BCUT2D eigenvalue weighted by atomic mass is 15.3. The SMILES string of the molecule is Cc1cc(N(C)C)nc(N2CCC[C@H]2Cn2cccn2)n1.